The largest absolute Gasteiger partial charge is 0.449 e. The van der Waals surface area contributed by atoms with E-state index in [2.05, 4.69) is 15.3 Å². The maximum absolute atomic E-state index is 10.7. The summed E-state index contributed by atoms with van der Waals surface area (Å²) in [6.07, 6.45) is 2.67. The number of hydrogen-bond acceptors (Lipinski definition) is 3. The van der Waals surface area contributed by atoms with Crippen molar-refractivity contribution in [2.75, 3.05) is 12.0 Å². The average Bonchev–Trinajstić information content (AvgIpc) is 2.40. The summed E-state index contributed by atoms with van der Waals surface area (Å²) in [6.45, 7) is 2.09. The number of carbonyl (C=O) groups is 1. The molecule has 0 fully saturated rings. The Bertz CT molecular complexity index is 220. The number of rotatable bonds is 2. The van der Waals surface area contributed by atoms with Crippen LogP contribution in [0.3, 0.4) is 0 Å². The van der Waals surface area contributed by atoms with E-state index in [0.29, 0.717) is 6.61 Å². The van der Waals surface area contributed by atoms with Crippen molar-refractivity contribution < 1.29 is 9.53 Å². The summed E-state index contributed by atoms with van der Waals surface area (Å²) in [5.74, 6) is 0. The summed E-state index contributed by atoms with van der Waals surface area (Å²) >= 11 is 0. The number of nitrogens with zero attached hydrogens (tertiary/aromatic N) is 2. The van der Waals surface area contributed by atoms with Gasteiger partial charge in [-0.2, -0.15) is 9.89 Å². The fourth-order valence-corrected chi connectivity index (χ4v) is 0.592. The van der Waals surface area contributed by atoms with Crippen LogP contribution >= 0.6 is 0 Å². The Morgan fingerprint density at radius 1 is 1.82 bits per heavy atom. The van der Waals surface area contributed by atoms with Gasteiger partial charge in [-0.1, -0.05) is 0 Å². The van der Waals surface area contributed by atoms with Gasteiger partial charge in [-0.15, -0.1) is 0 Å². The third kappa shape index (κ3) is 2.29. The smallest absolute Gasteiger partial charge is 0.427 e. The highest BCUT2D eigenvalue weighted by atomic mass is 16.6. The first-order chi connectivity index (χ1) is 5.33. The van der Waals surface area contributed by atoms with Crippen molar-refractivity contribution in [3.8, 4) is 0 Å². The molecule has 0 spiro atoms. The molecule has 5 nitrogen and oxygen atoms in total. The SMILES string of the molecule is CCOC(=O)Nn1cccn1. The Kier molecular flexibility index (Phi) is 2.48. The number of hydrogen-bond donors (Lipinski definition) is 1. The summed E-state index contributed by atoms with van der Waals surface area (Å²) in [5.41, 5.74) is 2.37. The van der Waals surface area contributed by atoms with Gasteiger partial charge in [-0.3, -0.25) is 0 Å². The molecule has 0 saturated carbocycles. The number of nitrogens with one attached hydrogen (secondary N) is 1. The Hall–Kier alpha value is -1.52. The molecule has 0 aliphatic heterocycles. The van der Waals surface area contributed by atoms with Crippen LogP contribution in [-0.4, -0.2) is 22.6 Å². The maximum atomic E-state index is 10.7. The van der Waals surface area contributed by atoms with Gasteiger partial charge < -0.3 is 4.74 Å². The monoisotopic (exact) mass is 155 g/mol. The molecule has 0 saturated heterocycles. The van der Waals surface area contributed by atoms with Crippen LogP contribution in [0.15, 0.2) is 18.5 Å². The zero-order valence-electron chi connectivity index (χ0n) is 6.15. The molecule has 0 aliphatic rings. The summed E-state index contributed by atoms with van der Waals surface area (Å²) < 4.78 is 4.60. The summed E-state index contributed by atoms with van der Waals surface area (Å²) in [7, 11) is 0. The zero-order chi connectivity index (χ0) is 8.10. The van der Waals surface area contributed by atoms with Gasteiger partial charge in [-0.25, -0.2) is 10.2 Å². The Balaban J connectivity index is 2.37. The second-order valence-electron chi connectivity index (χ2n) is 1.78. The molecule has 1 amide bonds. The van der Waals surface area contributed by atoms with Crippen LogP contribution in [0.2, 0.25) is 0 Å². The maximum Gasteiger partial charge on any atom is 0.427 e. The molecule has 1 aromatic rings. The van der Waals surface area contributed by atoms with Gasteiger partial charge in [0.05, 0.1) is 12.8 Å². The van der Waals surface area contributed by atoms with Gasteiger partial charge in [0, 0.05) is 6.20 Å². The van der Waals surface area contributed by atoms with Gasteiger partial charge in [-0.05, 0) is 13.0 Å². The van der Waals surface area contributed by atoms with Crippen LogP contribution in [0.5, 0.6) is 0 Å². The quantitative estimate of drug-likeness (QED) is 0.679. The fraction of sp³-hybridized carbons (Fsp3) is 0.333. The molecule has 60 valence electrons. The molecular weight excluding hydrogens is 146 g/mol. The third-order valence-corrected chi connectivity index (χ3v) is 0.986. The van der Waals surface area contributed by atoms with E-state index in [1.165, 1.54) is 4.79 Å². The first-order valence-corrected chi connectivity index (χ1v) is 3.26. The minimum Gasteiger partial charge on any atom is -0.449 e. The van der Waals surface area contributed by atoms with Crippen molar-refractivity contribution >= 4 is 6.09 Å². The summed E-state index contributed by atoms with van der Waals surface area (Å²) in [6, 6.07) is 1.70. The lowest BCUT2D eigenvalue weighted by molar-refractivity contribution is 0.163. The highest BCUT2D eigenvalue weighted by Crippen LogP contribution is 1.82. The highest BCUT2D eigenvalue weighted by Gasteiger charge is 1.98. The van der Waals surface area contributed by atoms with Crippen molar-refractivity contribution in [2.45, 2.75) is 6.92 Å². The molecule has 0 radical (unpaired) electrons. The van der Waals surface area contributed by atoms with Crippen molar-refractivity contribution in [2.24, 2.45) is 0 Å². The van der Waals surface area contributed by atoms with Crippen LogP contribution < -0.4 is 5.43 Å². The zero-order valence-corrected chi connectivity index (χ0v) is 6.15. The van der Waals surface area contributed by atoms with E-state index >= 15 is 0 Å². The molecule has 1 heterocycles. The van der Waals surface area contributed by atoms with E-state index < -0.39 is 6.09 Å². The first-order valence-electron chi connectivity index (χ1n) is 3.26. The van der Waals surface area contributed by atoms with E-state index in [4.69, 9.17) is 0 Å². The predicted molar refractivity (Wildman–Crippen MR) is 38.6 cm³/mol. The molecular formula is C6H9N3O2. The first kappa shape index (κ1) is 7.59. The minimum absolute atomic E-state index is 0.354. The van der Waals surface area contributed by atoms with Gasteiger partial charge in [0.2, 0.25) is 0 Å². The molecule has 1 rings (SSSR count). The molecule has 0 unspecified atom stereocenters. The van der Waals surface area contributed by atoms with Gasteiger partial charge in [0.15, 0.2) is 0 Å². The fourth-order valence-electron chi connectivity index (χ4n) is 0.592. The summed E-state index contributed by atoms with van der Waals surface area (Å²) in [4.78, 5) is 12.0. The Morgan fingerprint density at radius 2 is 2.64 bits per heavy atom. The Morgan fingerprint density at radius 3 is 3.18 bits per heavy atom. The Labute approximate surface area is 63.9 Å². The lowest BCUT2D eigenvalue weighted by Gasteiger charge is -2.02. The van der Waals surface area contributed by atoms with Crippen LogP contribution in [0, 0.1) is 0 Å². The molecule has 0 aliphatic carbocycles. The van der Waals surface area contributed by atoms with Crippen LogP contribution in [0.25, 0.3) is 0 Å². The molecule has 0 aromatic carbocycles. The lowest BCUT2D eigenvalue weighted by atomic mass is 10.8. The lowest BCUT2D eigenvalue weighted by Crippen LogP contribution is -2.23. The van der Waals surface area contributed by atoms with Crippen LogP contribution in [0.4, 0.5) is 4.79 Å². The van der Waals surface area contributed by atoms with Crippen LogP contribution in [0.1, 0.15) is 6.92 Å². The van der Waals surface area contributed by atoms with E-state index in [9.17, 15) is 4.79 Å². The van der Waals surface area contributed by atoms with E-state index in [0.717, 1.165) is 0 Å². The number of aromatic nitrogens is 2. The topological polar surface area (TPSA) is 56.1 Å². The van der Waals surface area contributed by atoms with E-state index in [-0.39, 0.29) is 0 Å². The predicted octanol–water partition coefficient (Wildman–Crippen LogP) is 0.583. The van der Waals surface area contributed by atoms with Crippen molar-refractivity contribution in [3.05, 3.63) is 18.5 Å². The second-order valence-corrected chi connectivity index (χ2v) is 1.78. The number of ether oxygens (including phenoxy) is 1. The summed E-state index contributed by atoms with van der Waals surface area (Å²) in [5, 5.41) is 3.74. The molecule has 0 atom stereocenters. The second kappa shape index (κ2) is 3.60. The van der Waals surface area contributed by atoms with Gasteiger partial charge >= 0.3 is 6.09 Å². The molecule has 5 heteroatoms. The van der Waals surface area contributed by atoms with E-state index in [1.807, 2.05) is 0 Å². The van der Waals surface area contributed by atoms with Crippen LogP contribution in [-0.2, 0) is 4.74 Å². The van der Waals surface area contributed by atoms with Crippen molar-refractivity contribution in [3.63, 3.8) is 0 Å². The molecule has 1 aromatic heterocycles. The third-order valence-electron chi connectivity index (χ3n) is 0.986. The minimum atomic E-state index is -0.504. The molecule has 11 heavy (non-hydrogen) atoms. The number of carbonyl (C=O) groups excluding carboxylic acids is 1. The molecule has 1 N–H and O–H groups in total. The average molecular weight is 155 g/mol. The van der Waals surface area contributed by atoms with E-state index in [1.54, 1.807) is 25.4 Å². The highest BCUT2D eigenvalue weighted by molar-refractivity contribution is 5.75. The molecule has 0 bridgehead atoms. The van der Waals surface area contributed by atoms with Gasteiger partial charge in [0.25, 0.3) is 0 Å². The van der Waals surface area contributed by atoms with Crippen molar-refractivity contribution in [1.82, 2.24) is 9.89 Å². The van der Waals surface area contributed by atoms with Gasteiger partial charge in [0.1, 0.15) is 0 Å². The van der Waals surface area contributed by atoms with Crippen molar-refractivity contribution in [1.29, 1.82) is 0 Å². The standard InChI is InChI=1S/C6H9N3O2/c1-2-11-6(10)8-9-5-3-4-7-9/h3-5H,2H2,1H3,(H,8,10). The normalized spacial score (nSPS) is 9.18. The number of amides is 1.